The first-order valence-electron chi connectivity index (χ1n) is 7.52. The molecule has 0 aliphatic carbocycles. The van der Waals surface area contributed by atoms with E-state index in [1.165, 1.54) is 12.1 Å². The predicted molar refractivity (Wildman–Crippen MR) is 94.4 cm³/mol. The first-order chi connectivity index (χ1) is 11.1. The van der Waals surface area contributed by atoms with Gasteiger partial charge in [-0.2, -0.15) is 8.78 Å². The van der Waals surface area contributed by atoms with E-state index in [1.807, 2.05) is 27.7 Å². The molecule has 0 unspecified atom stereocenters. The lowest BCUT2D eigenvalue weighted by molar-refractivity contribution is -0.122. The Bertz CT molecular complexity index is 559. The van der Waals surface area contributed by atoms with E-state index in [0.29, 0.717) is 17.3 Å². The van der Waals surface area contributed by atoms with Gasteiger partial charge in [-0.3, -0.25) is 4.79 Å². The molecule has 1 aromatic carbocycles. The highest BCUT2D eigenvalue weighted by molar-refractivity contribution is 7.80. The molecule has 1 rings (SSSR count). The van der Waals surface area contributed by atoms with Crippen LogP contribution < -0.4 is 15.4 Å². The number of carbonyl (C=O) groups excluding carboxylic acids is 1. The number of benzene rings is 1. The topological polar surface area (TPSA) is 53.6 Å². The van der Waals surface area contributed by atoms with Crippen molar-refractivity contribution in [1.29, 1.82) is 0 Å². The summed E-state index contributed by atoms with van der Waals surface area (Å²) in [6.45, 7) is 5.42. The normalized spacial score (nSPS) is 11.1. The summed E-state index contributed by atoms with van der Waals surface area (Å²) in [5.74, 6) is -0.0625. The van der Waals surface area contributed by atoms with E-state index >= 15 is 0 Å². The first-order valence-corrected chi connectivity index (χ1v) is 7.93. The molecule has 0 aliphatic heterocycles. The molecule has 5 nitrogen and oxygen atoms in total. The average Bonchev–Trinajstić information content (AvgIpc) is 2.44. The van der Waals surface area contributed by atoms with E-state index in [1.54, 1.807) is 17.0 Å². The lowest BCUT2D eigenvalue weighted by atomic mass is 10.1. The zero-order chi connectivity index (χ0) is 18.3. The number of nitrogens with zero attached hydrogens (tertiary/aromatic N) is 1. The fourth-order valence-electron chi connectivity index (χ4n) is 1.88. The standard InChI is InChI=1S/C16H23F2N3O2S/c1-5-21(10-13(22)20-16(2,3)4)15(24)19-11-6-8-12(9-7-11)23-14(17)18/h6-9,14H,5,10H2,1-4H3,(H,19,24)(H,20,22). The first kappa shape index (κ1) is 20.1. The van der Waals surface area contributed by atoms with Crippen LogP contribution in [-0.2, 0) is 4.79 Å². The number of ether oxygens (including phenoxy) is 1. The van der Waals surface area contributed by atoms with E-state index < -0.39 is 6.61 Å². The third-order valence-corrected chi connectivity index (χ3v) is 3.21. The fraction of sp³-hybridized carbons (Fsp3) is 0.500. The number of rotatable bonds is 6. The number of hydrogen-bond donors (Lipinski definition) is 2. The third kappa shape index (κ3) is 7.54. The summed E-state index contributed by atoms with van der Waals surface area (Å²) in [6, 6.07) is 5.99. The van der Waals surface area contributed by atoms with Gasteiger partial charge in [0.2, 0.25) is 5.91 Å². The number of hydrogen-bond acceptors (Lipinski definition) is 3. The minimum Gasteiger partial charge on any atom is -0.435 e. The number of carbonyl (C=O) groups is 1. The number of nitrogens with one attached hydrogen (secondary N) is 2. The molecular weight excluding hydrogens is 336 g/mol. The Kier molecular flexibility index (Phi) is 7.34. The molecule has 1 amide bonds. The van der Waals surface area contributed by atoms with Gasteiger partial charge in [0.25, 0.3) is 0 Å². The second-order valence-corrected chi connectivity index (χ2v) is 6.53. The maximum absolute atomic E-state index is 12.1. The van der Waals surface area contributed by atoms with Crippen molar-refractivity contribution in [2.45, 2.75) is 39.8 Å². The molecule has 24 heavy (non-hydrogen) atoms. The van der Waals surface area contributed by atoms with Gasteiger partial charge in [-0.05, 0) is 64.2 Å². The number of thiocarbonyl (C=S) groups is 1. The maximum Gasteiger partial charge on any atom is 0.387 e. The number of alkyl halides is 2. The van der Waals surface area contributed by atoms with E-state index in [4.69, 9.17) is 12.2 Å². The third-order valence-electron chi connectivity index (χ3n) is 2.85. The van der Waals surface area contributed by atoms with E-state index in [9.17, 15) is 13.6 Å². The Balaban J connectivity index is 2.62. The second-order valence-electron chi connectivity index (χ2n) is 6.15. The summed E-state index contributed by atoms with van der Waals surface area (Å²) in [6.07, 6.45) is 0. The van der Waals surface area contributed by atoms with Gasteiger partial charge in [-0.1, -0.05) is 0 Å². The highest BCUT2D eigenvalue weighted by Crippen LogP contribution is 2.18. The molecular formula is C16H23F2N3O2S. The smallest absolute Gasteiger partial charge is 0.387 e. The van der Waals surface area contributed by atoms with Crippen molar-refractivity contribution in [3.63, 3.8) is 0 Å². The lowest BCUT2D eigenvalue weighted by Crippen LogP contribution is -2.48. The van der Waals surface area contributed by atoms with Crippen LogP contribution in [0.1, 0.15) is 27.7 Å². The van der Waals surface area contributed by atoms with Crippen molar-refractivity contribution < 1.29 is 18.3 Å². The number of anilines is 1. The molecule has 0 heterocycles. The Hall–Kier alpha value is -1.96. The predicted octanol–water partition coefficient (Wildman–Crippen LogP) is 3.22. The summed E-state index contributed by atoms with van der Waals surface area (Å²) in [5.41, 5.74) is 0.308. The SMILES string of the molecule is CCN(CC(=O)NC(C)(C)C)C(=S)Nc1ccc(OC(F)F)cc1. The molecule has 0 aliphatic rings. The Morgan fingerprint density at radius 1 is 1.29 bits per heavy atom. The van der Waals surface area contributed by atoms with Gasteiger partial charge in [-0.15, -0.1) is 0 Å². The van der Waals surface area contributed by atoms with E-state index in [0.717, 1.165) is 0 Å². The summed E-state index contributed by atoms with van der Waals surface area (Å²) < 4.78 is 28.5. The van der Waals surface area contributed by atoms with Crippen LogP contribution in [0.3, 0.4) is 0 Å². The molecule has 0 saturated carbocycles. The quantitative estimate of drug-likeness (QED) is 0.764. The van der Waals surface area contributed by atoms with Crippen LogP contribution in [0.2, 0.25) is 0 Å². The van der Waals surface area contributed by atoms with Crippen molar-refractivity contribution >= 4 is 28.9 Å². The van der Waals surface area contributed by atoms with Crippen LogP contribution in [-0.4, -0.2) is 41.2 Å². The van der Waals surface area contributed by atoms with Crippen LogP contribution in [0.5, 0.6) is 5.75 Å². The lowest BCUT2D eigenvalue weighted by Gasteiger charge is -2.27. The fourth-order valence-corrected chi connectivity index (χ4v) is 2.19. The van der Waals surface area contributed by atoms with Gasteiger partial charge in [0.05, 0.1) is 6.54 Å². The molecule has 8 heteroatoms. The van der Waals surface area contributed by atoms with Crippen molar-refractivity contribution in [1.82, 2.24) is 10.2 Å². The second kappa shape index (κ2) is 8.77. The highest BCUT2D eigenvalue weighted by atomic mass is 32.1. The molecule has 1 aromatic rings. The largest absolute Gasteiger partial charge is 0.435 e. The minimum atomic E-state index is -2.86. The van der Waals surface area contributed by atoms with Crippen LogP contribution in [0.15, 0.2) is 24.3 Å². The van der Waals surface area contributed by atoms with Gasteiger partial charge in [0.1, 0.15) is 5.75 Å². The van der Waals surface area contributed by atoms with Gasteiger partial charge in [0.15, 0.2) is 5.11 Å². The Morgan fingerprint density at radius 2 is 1.88 bits per heavy atom. The van der Waals surface area contributed by atoms with Crippen molar-refractivity contribution in [2.75, 3.05) is 18.4 Å². The monoisotopic (exact) mass is 359 g/mol. The van der Waals surface area contributed by atoms with Crippen molar-refractivity contribution in [3.05, 3.63) is 24.3 Å². The minimum absolute atomic E-state index is 0.0679. The van der Waals surface area contributed by atoms with Crippen LogP contribution in [0, 0.1) is 0 Å². The Morgan fingerprint density at radius 3 is 2.33 bits per heavy atom. The molecule has 134 valence electrons. The Labute approximate surface area is 146 Å². The molecule has 0 fully saturated rings. The van der Waals surface area contributed by atoms with Gasteiger partial charge >= 0.3 is 6.61 Å². The number of amides is 1. The molecule has 0 spiro atoms. The molecule has 0 aromatic heterocycles. The zero-order valence-electron chi connectivity index (χ0n) is 14.2. The molecule has 0 bridgehead atoms. The summed E-state index contributed by atoms with van der Waals surface area (Å²) >= 11 is 5.30. The summed E-state index contributed by atoms with van der Waals surface area (Å²) in [7, 11) is 0. The number of likely N-dealkylation sites (N-methyl/N-ethyl adjacent to an activating group) is 1. The van der Waals surface area contributed by atoms with E-state index in [-0.39, 0.29) is 23.7 Å². The van der Waals surface area contributed by atoms with Crippen molar-refractivity contribution in [2.24, 2.45) is 0 Å². The summed E-state index contributed by atoms with van der Waals surface area (Å²) in [5, 5.41) is 6.23. The van der Waals surface area contributed by atoms with Gasteiger partial charge in [0, 0.05) is 17.8 Å². The molecule has 0 atom stereocenters. The average molecular weight is 359 g/mol. The van der Waals surface area contributed by atoms with Gasteiger partial charge < -0.3 is 20.3 Å². The van der Waals surface area contributed by atoms with Gasteiger partial charge in [-0.25, -0.2) is 0 Å². The number of halogens is 2. The maximum atomic E-state index is 12.1. The summed E-state index contributed by atoms with van der Waals surface area (Å²) in [4.78, 5) is 13.7. The van der Waals surface area contributed by atoms with E-state index in [2.05, 4.69) is 15.4 Å². The molecule has 0 radical (unpaired) electrons. The molecule has 2 N–H and O–H groups in total. The molecule has 0 saturated heterocycles. The van der Waals surface area contributed by atoms with Crippen molar-refractivity contribution in [3.8, 4) is 5.75 Å². The van der Waals surface area contributed by atoms with Crippen LogP contribution in [0.25, 0.3) is 0 Å². The highest BCUT2D eigenvalue weighted by Gasteiger charge is 2.17. The van der Waals surface area contributed by atoms with Crippen LogP contribution >= 0.6 is 12.2 Å². The van der Waals surface area contributed by atoms with Crippen LogP contribution in [0.4, 0.5) is 14.5 Å². The zero-order valence-corrected chi connectivity index (χ0v) is 15.0.